The molecule has 0 radical (unpaired) electrons. The molecule has 0 amide bonds. The second kappa shape index (κ2) is 6.59. The van der Waals surface area contributed by atoms with Crippen LogP contribution in [0.5, 0.6) is 11.5 Å². The van der Waals surface area contributed by atoms with E-state index in [-0.39, 0.29) is 6.04 Å². The van der Waals surface area contributed by atoms with Crippen molar-refractivity contribution in [2.24, 2.45) is 5.73 Å². The Morgan fingerprint density at radius 2 is 1.84 bits per heavy atom. The summed E-state index contributed by atoms with van der Waals surface area (Å²) >= 11 is 3.40. The second-order valence-corrected chi connectivity index (χ2v) is 5.06. The fraction of sp³-hybridized carbons (Fsp3) is 0.200. The van der Waals surface area contributed by atoms with Gasteiger partial charge in [-0.2, -0.15) is 0 Å². The zero-order valence-electron chi connectivity index (χ0n) is 10.7. The first-order chi connectivity index (χ1) is 9.19. The van der Waals surface area contributed by atoms with Crippen LogP contribution >= 0.6 is 15.9 Å². The molecule has 0 bridgehead atoms. The van der Waals surface area contributed by atoms with Crippen LogP contribution in [0.3, 0.4) is 0 Å². The van der Waals surface area contributed by atoms with Crippen molar-refractivity contribution in [1.82, 2.24) is 0 Å². The topological polar surface area (TPSA) is 44.5 Å². The fourth-order valence-electron chi connectivity index (χ4n) is 1.69. The minimum absolute atomic E-state index is 0.162. The molecule has 2 aromatic carbocycles. The number of hydrogen-bond acceptors (Lipinski definition) is 3. The first kappa shape index (κ1) is 13.9. The summed E-state index contributed by atoms with van der Waals surface area (Å²) in [5.74, 6) is 1.63. The van der Waals surface area contributed by atoms with Crippen molar-refractivity contribution >= 4 is 15.9 Å². The molecule has 1 atom stereocenters. The molecule has 0 spiro atoms. The molecule has 4 heteroatoms. The Hall–Kier alpha value is -1.52. The number of rotatable bonds is 5. The van der Waals surface area contributed by atoms with Gasteiger partial charge in [0.1, 0.15) is 18.1 Å². The number of halogens is 1. The first-order valence-electron chi connectivity index (χ1n) is 5.97. The van der Waals surface area contributed by atoms with E-state index in [1.165, 1.54) is 0 Å². The van der Waals surface area contributed by atoms with Crippen LogP contribution < -0.4 is 15.2 Å². The van der Waals surface area contributed by atoms with Gasteiger partial charge in [0, 0.05) is 4.47 Å². The lowest BCUT2D eigenvalue weighted by Crippen LogP contribution is -2.18. The first-order valence-corrected chi connectivity index (χ1v) is 6.76. The van der Waals surface area contributed by atoms with Crippen molar-refractivity contribution in [2.75, 3.05) is 13.7 Å². The third-order valence-electron chi connectivity index (χ3n) is 2.77. The maximum atomic E-state index is 6.09. The summed E-state index contributed by atoms with van der Waals surface area (Å²) in [4.78, 5) is 0. The van der Waals surface area contributed by atoms with E-state index in [2.05, 4.69) is 15.9 Å². The monoisotopic (exact) mass is 321 g/mol. The van der Waals surface area contributed by atoms with Crippen LogP contribution in [-0.4, -0.2) is 13.7 Å². The predicted molar refractivity (Wildman–Crippen MR) is 79.6 cm³/mol. The lowest BCUT2D eigenvalue weighted by atomic mass is 10.1. The van der Waals surface area contributed by atoms with Crippen molar-refractivity contribution in [1.29, 1.82) is 0 Å². The molecule has 0 saturated carbocycles. The number of nitrogens with two attached hydrogens (primary N) is 1. The van der Waals surface area contributed by atoms with Crippen LogP contribution in [-0.2, 0) is 0 Å². The zero-order chi connectivity index (χ0) is 13.7. The molecule has 0 saturated heterocycles. The van der Waals surface area contributed by atoms with Crippen molar-refractivity contribution in [3.63, 3.8) is 0 Å². The molecule has 2 rings (SSSR count). The minimum Gasteiger partial charge on any atom is -0.497 e. The molecule has 0 aromatic heterocycles. The normalized spacial score (nSPS) is 11.9. The largest absolute Gasteiger partial charge is 0.497 e. The average molecular weight is 322 g/mol. The Bertz CT molecular complexity index is 528. The molecular weight excluding hydrogens is 306 g/mol. The molecule has 3 nitrogen and oxygen atoms in total. The van der Waals surface area contributed by atoms with Gasteiger partial charge in [-0.3, -0.25) is 0 Å². The molecule has 0 aliphatic heterocycles. The summed E-state index contributed by atoms with van der Waals surface area (Å²) in [6.07, 6.45) is 0. The van der Waals surface area contributed by atoms with Gasteiger partial charge in [-0.05, 0) is 35.9 Å². The van der Waals surface area contributed by atoms with Gasteiger partial charge in [0.25, 0.3) is 0 Å². The van der Waals surface area contributed by atoms with Crippen LogP contribution in [0.15, 0.2) is 53.0 Å². The van der Waals surface area contributed by atoms with Crippen molar-refractivity contribution < 1.29 is 9.47 Å². The van der Waals surface area contributed by atoms with Gasteiger partial charge >= 0.3 is 0 Å². The van der Waals surface area contributed by atoms with Crippen LogP contribution in [0.1, 0.15) is 11.6 Å². The second-order valence-electron chi connectivity index (χ2n) is 4.15. The molecule has 19 heavy (non-hydrogen) atoms. The number of methoxy groups -OCH3 is 1. The summed E-state index contributed by atoms with van der Waals surface area (Å²) in [5, 5.41) is 0. The smallest absolute Gasteiger partial charge is 0.120 e. The van der Waals surface area contributed by atoms with Crippen LogP contribution in [0.2, 0.25) is 0 Å². The third-order valence-corrected chi connectivity index (χ3v) is 3.26. The molecule has 2 aromatic rings. The SMILES string of the molecule is COc1ccc(C(N)COc2cccc(Br)c2)cc1. The van der Waals surface area contributed by atoms with Gasteiger partial charge in [0.05, 0.1) is 13.2 Å². The molecular formula is C15H16BrNO2. The predicted octanol–water partition coefficient (Wildman–Crippen LogP) is 3.54. The number of hydrogen-bond donors (Lipinski definition) is 1. The average Bonchev–Trinajstić information content (AvgIpc) is 2.45. The highest BCUT2D eigenvalue weighted by Gasteiger charge is 2.07. The maximum Gasteiger partial charge on any atom is 0.120 e. The van der Waals surface area contributed by atoms with Crippen molar-refractivity contribution in [3.8, 4) is 11.5 Å². The van der Waals surface area contributed by atoms with Crippen LogP contribution in [0.4, 0.5) is 0 Å². The number of ether oxygens (including phenoxy) is 2. The van der Waals surface area contributed by atoms with E-state index < -0.39 is 0 Å². The molecule has 100 valence electrons. The number of benzene rings is 2. The summed E-state index contributed by atoms with van der Waals surface area (Å²) in [6.45, 7) is 0.433. The summed E-state index contributed by atoms with van der Waals surface area (Å²) in [7, 11) is 1.64. The molecule has 1 unspecified atom stereocenters. The summed E-state index contributed by atoms with van der Waals surface area (Å²) < 4.78 is 11.8. The van der Waals surface area contributed by atoms with E-state index in [4.69, 9.17) is 15.2 Å². The third kappa shape index (κ3) is 3.98. The molecule has 0 fully saturated rings. The van der Waals surface area contributed by atoms with Gasteiger partial charge in [-0.15, -0.1) is 0 Å². The van der Waals surface area contributed by atoms with E-state index >= 15 is 0 Å². The van der Waals surface area contributed by atoms with E-state index in [0.29, 0.717) is 6.61 Å². The van der Waals surface area contributed by atoms with Gasteiger partial charge < -0.3 is 15.2 Å². The molecule has 0 aliphatic carbocycles. The van der Waals surface area contributed by atoms with E-state index in [0.717, 1.165) is 21.5 Å². The Labute approximate surface area is 121 Å². The standard InChI is InChI=1S/C15H16BrNO2/c1-18-13-7-5-11(6-8-13)15(17)10-19-14-4-2-3-12(16)9-14/h2-9,15H,10,17H2,1H3. The van der Waals surface area contributed by atoms with Gasteiger partial charge in [0.2, 0.25) is 0 Å². The highest BCUT2D eigenvalue weighted by Crippen LogP contribution is 2.20. The van der Waals surface area contributed by atoms with E-state index in [1.807, 2.05) is 48.5 Å². The molecule has 0 aliphatic rings. The Morgan fingerprint density at radius 3 is 2.47 bits per heavy atom. The highest BCUT2D eigenvalue weighted by atomic mass is 79.9. The zero-order valence-corrected chi connectivity index (χ0v) is 12.3. The lowest BCUT2D eigenvalue weighted by Gasteiger charge is -2.14. The van der Waals surface area contributed by atoms with E-state index in [1.54, 1.807) is 7.11 Å². The summed E-state index contributed by atoms with van der Waals surface area (Å²) in [6, 6.07) is 15.2. The Balaban J connectivity index is 1.95. The van der Waals surface area contributed by atoms with Crippen molar-refractivity contribution in [3.05, 3.63) is 58.6 Å². The van der Waals surface area contributed by atoms with E-state index in [9.17, 15) is 0 Å². The maximum absolute atomic E-state index is 6.09. The summed E-state index contributed by atoms with van der Waals surface area (Å²) in [5.41, 5.74) is 7.12. The molecule has 0 heterocycles. The van der Waals surface area contributed by atoms with Crippen molar-refractivity contribution in [2.45, 2.75) is 6.04 Å². The van der Waals surface area contributed by atoms with Gasteiger partial charge in [-0.1, -0.05) is 34.1 Å². The van der Waals surface area contributed by atoms with Crippen LogP contribution in [0, 0.1) is 0 Å². The van der Waals surface area contributed by atoms with Crippen LogP contribution in [0.25, 0.3) is 0 Å². The molecule has 2 N–H and O–H groups in total. The minimum atomic E-state index is -0.162. The Morgan fingerprint density at radius 1 is 1.11 bits per heavy atom. The lowest BCUT2D eigenvalue weighted by molar-refractivity contribution is 0.290. The highest BCUT2D eigenvalue weighted by molar-refractivity contribution is 9.10. The van der Waals surface area contributed by atoms with Gasteiger partial charge in [0.15, 0.2) is 0 Å². The fourth-order valence-corrected chi connectivity index (χ4v) is 2.07. The quantitative estimate of drug-likeness (QED) is 0.916. The Kier molecular flexibility index (Phi) is 4.82. The van der Waals surface area contributed by atoms with Gasteiger partial charge in [-0.25, -0.2) is 0 Å².